The summed E-state index contributed by atoms with van der Waals surface area (Å²) in [5, 5.41) is 12.6. The number of nitrogens with zero attached hydrogens (tertiary/aromatic N) is 5. The van der Waals surface area contributed by atoms with Crippen LogP contribution in [0.5, 0.6) is 5.75 Å². The summed E-state index contributed by atoms with van der Waals surface area (Å²) in [7, 11) is 2.07. The molecule has 3 unspecified atom stereocenters. The van der Waals surface area contributed by atoms with Crippen LogP contribution in [0.2, 0.25) is 0 Å². The normalized spacial score (nSPS) is 20.6. The van der Waals surface area contributed by atoms with Gasteiger partial charge in [-0.15, -0.1) is 0 Å². The average Bonchev–Trinajstić information content (AvgIpc) is 3.45. The molecule has 3 saturated heterocycles. The highest BCUT2D eigenvalue weighted by Crippen LogP contribution is 2.31. The van der Waals surface area contributed by atoms with E-state index in [2.05, 4.69) is 22.2 Å². The van der Waals surface area contributed by atoms with Crippen LogP contribution in [0, 0.1) is 5.92 Å². The number of likely N-dealkylation sites (tertiary alicyclic amines) is 2. The smallest absolute Gasteiger partial charge is 0.409 e. The van der Waals surface area contributed by atoms with Crippen LogP contribution in [0.4, 0.5) is 4.79 Å². The summed E-state index contributed by atoms with van der Waals surface area (Å²) >= 11 is 0. The summed E-state index contributed by atoms with van der Waals surface area (Å²) < 4.78 is 11.1. The monoisotopic (exact) mass is 638 g/mol. The SMILES string of the molecule is CCOC(=O)N1CCN(C(=O)C(CCC(=O)O)NC(=O)c2cc(OCC(=O)N3CCCC4CN(C)CC43)c3ccccc3n2)CC1. The first-order chi connectivity index (χ1) is 22.1. The number of likely N-dealkylation sites (N-methyl/N-ethyl adjacent to an activating group) is 1. The number of carbonyl (C=O) groups is 5. The van der Waals surface area contributed by atoms with Crippen molar-refractivity contribution in [2.75, 3.05) is 66.1 Å². The summed E-state index contributed by atoms with van der Waals surface area (Å²) in [4.78, 5) is 75.5. The maximum absolute atomic E-state index is 13.5. The van der Waals surface area contributed by atoms with E-state index in [0.717, 1.165) is 25.9 Å². The molecule has 0 radical (unpaired) electrons. The van der Waals surface area contributed by atoms with Crippen molar-refractivity contribution < 1.29 is 38.6 Å². The highest BCUT2D eigenvalue weighted by atomic mass is 16.6. The number of carboxylic acids is 1. The zero-order valence-electron chi connectivity index (χ0n) is 26.4. The highest BCUT2D eigenvalue weighted by molar-refractivity contribution is 5.99. The van der Waals surface area contributed by atoms with Gasteiger partial charge < -0.3 is 39.5 Å². The molecule has 14 nitrogen and oxygen atoms in total. The van der Waals surface area contributed by atoms with Crippen LogP contribution in [-0.2, 0) is 19.1 Å². The van der Waals surface area contributed by atoms with Gasteiger partial charge >= 0.3 is 12.1 Å². The number of hydrogen-bond acceptors (Lipinski definition) is 9. The number of pyridine rings is 1. The second-order valence-corrected chi connectivity index (χ2v) is 12.1. The van der Waals surface area contributed by atoms with Crippen LogP contribution < -0.4 is 10.1 Å². The molecule has 2 N–H and O–H groups in total. The van der Waals surface area contributed by atoms with Gasteiger partial charge in [0.05, 0.1) is 12.1 Å². The first-order valence-corrected chi connectivity index (χ1v) is 15.9. The fourth-order valence-corrected chi connectivity index (χ4v) is 6.60. The third kappa shape index (κ3) is 7.66. The van der Waals surface area contributed by atoms with E-state index >= 15 is 0 Å². The Balaban J connectivity index is 1.29. The standard InChI is InChI=1S/C32H42N6O8/c1-3-45-32(44)37-15-13-36(14-16-37)31(43)24(10-11-29(40)41)34-30(42)25-17-27(22-8-4-5-9-23(22)33-25)46-20-28(39)38-12-6-7-21-18-35(2)19-26(21)38/h4-5,8-9,17,21,24,26H,3,6-7,10-16,18-20H2,1-2H3,(H,34,42)(H,40,41). The van der Waals surface area contributed by atoms with E-state index in [1.165, 1.54) is 15.9 Å². The third-order valence-electron chi connectivity index (χ3n) is 8.91. The lowest BCUT2D eigenvalue weighted by Gasteiger charge is -2.37. The van der Waals surface area contributed by atoms with Crippen LogP contribution in [0.15, 0.2) is 30.3 Å². The molecule has 0 aliphatic carbocycles. The number of aromatic nitrogens is 1. The number of piperazine rings is 1. The molecule has 3 fully saturated rings. The van der Waals surface area contributed by atoms with Crippen molar-refractivity contribution >= 4 is 40.7 Å². The molecule has 14 heteroatoms. The molecule has 3 aliphatic heterocycles. The van der Waals surface area contributed by atoms with Gasteiger partial charge in [-0.25, -0.2) is 9.78 Å². The average molecular weight is 639 g/mol. The number of carbonyl (C=O) groups excluding carboxylic acids is 4. The molecule has 4 heterocycles. The van der Waals surface area contributed by atoms with Crippen LogP contribution in [0.3, 0.4) is 0 Å². The number of amides is 4. The van der Waals surface area contributed by atoms with Gasteiger partial charge in [-0.2, -0.15) is 0 Å². The van der Waals surface area contributed by atoms with Gasteiger partial charge in [0.2, 0.25) is 5.91 Å². The van der Waals surface area contributed by atoms with Crippen molar-refractivity contribution in [3.05, 3.63) is 36.0 Å². The Hall–Kier alpha value is -4.46. The van der Waals surface area contributed by atoms with E-state index in [0.29, 0.717) is 29.1 Å². The van der Waals surface area contributed by atoms with Crippen molar-refractivity contribution in [3.8, 4) is 5.75 Å². The fourth-order valence-electron chi connectivity index (χ4n) is 6.60. The Labute approximate surface area is 267 Å². The summed E-state index contributed by atoms with van der Waals surface area (Å²) in [5.74, 6) is -1.57. The first kappa shape index (κ1) is 32.9. The molecule has 0 bridgehead atoms. The summed E-state index contributed by atoms with van der Waals surface area (Å²) in [6.07, 6.45) is 1.13. The fraction of sp³-hybridized carbons (Fsp3) is 0.562. The first-order valence-electron chi connectivity index (χ1n) is 15.9. The third-order valence-corrected chi connectivity index (χ3v) is 8.91. The van der Waals surface area contributed by atoms with Gasteiger partial charge in [-0.3, -0.25) is 19.2 Å². The van der Waals surface area contributed by atoms with E-state index in [1.54, 1.807) is 25.1 Å². The zero-order chi connectivity index (χ0) is 32.8. The molecule has 248 valence electrons. The molecule has 46 heavy (non-hydrogen) atoms. The van der Waals surface area contributed by atoms with Crippen LogP contribution in [0.25, 0.3) is 10.9 Å². The number of nitrogens with one attached hydrogen (secondary N) is 1. The zero-order valence-corrected chi connectivity index (χ0v) is 26.4. The summed E-state index contributed by atoms with van der Waals surface area (Å²) in [6, 6.07) is 7.58. The molecule has 3 aliphatic rings. The van der Waals surface area contributed by atoms with Crippen LogP contribution >= 0.6 is 0 Å². The van der Waals surface area contributed by atoms with Crippen molar-refractivity contribution in [2.24, 2.45) is 5.92 Å². The van der Waals surface area contributed by atoms with Crippen molar-refractivity contribution in [1.82, 2.24) is 29.9 Å². The molecule has 3 atom stereocenters. The van der Waals surface area contributed by atoms with E-state index < -0.39 is 29.9 Å². The van der Waals surface area contributed by atoms with Gasteiger partial charge in [0.1, 0.15) is 17.5 Å². The number of para-hydroxylation sites is 1. The number of benzene rings is 1. The largest absolute Gasteiger partial charge is 0.483 e. The molecular weight excluding hydrogens is 596 g/mol. The lowest BCUT2D eigenvalue weighted by molar-refractivity contribution is -0.139. The Kier molecular flexibility index (Phi) is 10.6. The number of aliphatic carboxylic acids is 1. The molecule has 5 rings (SSSR count). The Morgan fingerprint density at radius 1 is 1.04 bits per heavy atom. The maximum Gasteiger partial charge on any atom is 0.409 e. The van der Waals surface area contributed by atoms with Crippen molar-refractivity contribution in [2.45, 2.75) is 44.7 Å². The highest BCUT2D eigenvalue weighted by Gasteiger charge is 2.40. The lowest BCUT2D eigenvalue weighted by Crippen LogP contribution is -2.56. The second-order valence-electron chi connectivity index (χ2n) is 12.1. The topological polar surface area (TPSA) is 162 Å². The predicted octanol–water partition coefficient (Wildman–Crippen LogP) is 1.43. The molecule has 1 aromatic heterocycles. The van der Waals surface area contributed by atoms with E-state index in [4.69, 9.17) is 9.47 Å². The molecule has 1 aromatic carbocycles. The molecule has 0 saturated carbocycles. The summed E-state index contributed by atoms with van der Waals surface area (Å²) in [5.41, 5.74) is 0.438. The maximum atomic E-state index is 13.5. The van der Waals surface area contributed by atoms with E-state index in [9.17, 15) is 29.1 Å². The number of hydrogen-bond donors (Lipinski definition) is 2. The number of fused-ring (bicyclic) bond motifs is 2. The van der Waals surface area contributed by atoms with Gasteiger partial charge in [-0.1, -0.05) is 12.1 Å². The predicted molar refractivity (Wildman–Crippen MR) is 166 cm³/mol. The van der Waals surface area contributed by atoms with Gasteiger partial charge in [-0.05, 0) is 51.3 Å². The minimum Gasteiger partial charge on any atom is -0.483 e. The summed E-state index contributed by atoms with van der Waals surface area (Å²) in [6.45, 7) is 5.19. The Morgan fingerprint density at radius 2 is 1.78 bits per heavy atom. The van der Waals surface area contributed by atoms with Gasteiger partial charge in [0, 0.05) is 69.7 Å². The van der Waals surface area contributed by atoms with E-state index in [1.807, 2.05) is 11.0 Å². The van der Waals surface area contributed by atoms with Crippen molar-refractivity contribution in [3.63, 3.8) is 0 Å². The van der Waals surface area contributed by atoms with Gasteiger partial charge in [0.15, 0.2) is 6.61 Å². The molecular formula is C32H42N6O8. The number of ether oxygens (including phenoxy) is 2. The van der Waals surface area contributed by atoms with E-state index in [-0.39, 0.29) is 69.9 Å². The minimum atomic E-state index is -1.13. The Morgan fingerprint density at radius 3 is 2.52 bits per heavy atom. The second kappa shape index (κ2) is 14.8. The lowest BCUT2D eigenvalue weighted by atomic mass is 9.92. The number of piperidine rings is 1. The number of rotatable bonds is 10. The molecule has 2 aromatic rings. The van der Waals surface area contributed by atoms with Gasteiger partial charge in [0.25, 0.3) is 11.8 Å². The van der Waals surface area contributed by atoms with Crippen LogP contribution in [0.1, 0.15) is 43.1 Å². The number of carboxylic acid groups (broad SMARTS) is 1. The molecule has 4 amide bonds. The van der Waals surface area contributed by atoms with Crippen molar-refractivity contribution in [1.29, 1.82) is 0 Å². The molecule has 0 spiro atoms. The Bertz CT molecular complexity index is 1460. The quantitative estimate of drug-likeness (QED) is 0.390. The minimum absolute atomic E-state index is 0.0307. The van der Waals surface area contributed by atoms with Crippen LogP contribution in [-0.4, -0.2) is 138 Å².